The van der Waals surface area contributed by atoms with E-state index in [0.29, 0.717) is 36.9 Å². The molecule has 0 aliphatic heterocycles. The number of carbonyl (C=O) groups excluding carboxylic acids is 2. The minimum Gasteiger partial charge on any atom is -0.463 e. The third-order valence-electron chi connectivity index (χ3n) is 3.86. The van der Waals surface area contributed by atoms with Crippen molar-refractivity contribution in [2.24, 2.45) is 23.7 Å². The highest BCUT2D eigenvalue weighted by atomic mass is 16.5. The number of carbonyl (C=O) groups is 2. The first-order valence-electron chi connectivity index (χ1n) is 7.35. The lowest BCUT2D eigenvalue weighted by Gasteiger charge is -1.95. The van der Waals surface area contributed by atoms with E-state index >= 15 is 0 Å². The Morgan fingerprint density at radius 3 is 1.65 bits per heavy atom. The number of esters is 2. The van der Waals surface area contributed by atoms with Gasteiger partial charge in [0.2, 0.25) is 0 Å². The summed E-state index contributed by atoms with van der Waals surface area (Å²) in [5, 5.41) is 0. The van der Waals surface area contributed by atoms with Gasteiger partial charge in [0.05, 0.1) is 13.2 Å². The van der Waals surface area contributed by atoms with Gasteiger partial charge in [0, 0.05) is 12.2 Å². The summed E-state index contributed by atoms with van der Waals surface area (Å²) >= 11 is 0. The molecular weight excluding hydrogens is 256 g/mol. The van der Waals surface area contributed by atoms with Crippen LogP contribution in [-0.4, -0.2) is 25.2 Å². The van der Waals surface area contributed by atoms with Crippen LogP contribution in [0.4, 0.5) is 0 Å². The molecule has 0 aromatic rings. The lowest BCUT2D eigenvalue weighted by molar-refractivity contribution is -0.138. The zero-order chi connectivity index (χ0) is 14.5. The van der Waals surface area contributed by atoms with E-state index in [2.05, 4.69) is 0 Å². The van der Waals surface area contributed by atoms with Gasteiger partial charge >= 0.3 is 11.9 Å². The van der Waals surface area contributed by atoms with Crippen LogP contribution in [0.25, 0.3) is 0 Å². The average Bonchev–Trinajstić information content (AvgIpc) is 3.29. The van der Waals surface area contributed by atoms with Gasteiger partial charge in [-0.3, -0.25) is 0 Å². The molecule has 2 aliphatic carbocycles. The highest BCUT2D eigenvalue weighted by Crippen LogP contribution is 2.58. The molecule has 4 nitrogen and oxygen atoms in total. The average molecular weight is 278 g/mol. The van der Waals surface area contributed by atoms with Crippen LogP contribution in [0.1, 0.15) is 26.7 Å². The molecule has 0 aromatic heterocycles. The summed E-state index contributed by atoms with van der Waals surface area (Å²) in [7, 11) is 0. The van der Waals surface area contributed by atoms with Crippen LogP contribution in [0.5, 0.6) is 0 Å². The van der Waals surface area contributed by atoms with Gasteiger partial charge in [0.15, 0.2) is 0 Å². The van der Waals surface area contributed by atoms with Crippen molar-refractivity contribution in [1.82, 2.24) is 0 Å². The molecule has 2 rings (SSSR count). The molecule has 0 amide bonds. The lowest BCUT2D eigenvalue weighted by atomic mass is 10.1. The Morgan fingerprint density at radius 2 is 1.30 bits per heavy atom. The second-order valence-electron chi connectivity index (χ2n) is 5.35. The Kier molecular flexibility index (Phi) is 4.99. The van der Waals surface area contributed by atoms with Gasteiger partial charge in [-0.15, -0.1) is 0 Å². The molecule has 2 aliphatic rings. The summed E-state index contributed by atoms with van der Waals surface area (Å²) in [6.07, 6.45) is 9.30. The maximum Gasteiger partial charge on any atom is 0.330 e. The normalized spacial score (nSPS) is 31.5. The van der Waals surface area contributed by atoms with Crippen molar-refractivity contribution in [2.45, 2.75) is 26.7 Å². The quantitative estimate of drug-likeness (QED) is 0.530. The summed E-state index contributed by atoms with van der Waals surface area (Å²) in [5.41, 5.74) is 0. The summed E-state index contributed by atoms with van der Waals surface area (Å²) in [6, 6.07) is 0. The fraction of sp³-hybridized carbons (Fsp3) is 0.625. The number of rotatable bonds is 7. The van der Waals surface area contributed by atoms with E-state index in [1.165, 1.54) is 0 Å². The maximum absolute atomic E-state index is 11.2. The Balaban J connectivity index is 1.68. The molecule has 0 aromatic carbocycles. The molecule has 4 heteroatoms. The van der Waals surface area contributed by atoms with Crippen molar-refractivity contribution in [2.75, 3.05) is 13.2 Å². The smallest absolute Gasteiger partial charge is 0.330 e. The number of hydrogen-bond acceptors (Lipinski definition) is 4. The highest BCUT2D eigenvalue weighted by molar-refractivity contribution is 5.82. The first-order valence-corrected chi connectivity index (χ1v) is 7.35. The molecule has 20 heavy (non-hydrogen) atoms. The molecule has 110 valence electrons. The van der Waals surface area contributed by atoms with E-state index in [0.717, 1.165) is 12.8 Å². The molecule has 0 radical (unpaired) electrons. The van der Waals surface area contributed by atoms with Gasteiger partial charge in [-0.1, -0.05) is 12.2 Å². The fourth-order valence-corrected chi connectivity index (χ4v) is 2.68. The first kappa shape index (κ1) is 14.8. The van der Waals surface area contributed by atoms with Gasteiger partial charge in [0.25, 0.3) is 0 Å². The minimum atomic E-state index is -0.257. The first-order chi connectivity index (χ1) is 9.65. The van der Waals surface area contributed by atoms with Crippen LogP contribution < -0.4 is 0 Å². The molecule has 0 bridgehead atoms. The van der Waals surface area contributed by atoms with Crippen LogP contribution in [0.15, 0.2) is 24.3 Å². The van der Waals surface area contributed by atoms with Gasteiger partial charge in [-0.25, -0.2) is 9.59 Å². The van der Waals surface area contributed by atoms with Crippen LogP contribution in [0.2, 0.25) is 0 Å². The summed E-state index contributed by atoms with van der Waals surface area (Å²) in [6.45, 7) is 4.44. The molecule has 2 saturated carbocycles. The predicted molar refractivity (Wildman–Crippen MR) is 74.7 cm³/mol. The Bertz CT molecular complexity index is 384. The van der Waals surface area contributed by atoms with E-state index in [9.17, 15) is 9.59 Å². The Hall–Kier alpha value is -1.58. The lowest BCUT2D eigenvalue weighted by Crippen LogP contribution is -1.99. The molecular formula is C16H22O4. The highest BCUT2D eigenvalue weighted by Gasteiger charge is 2.51. The standard InChI is InChI=1S/C16H22O4/c1-3-19-15(17)7-5-11-9-13(11)14-10-12(14)6-8-16(18)20-4-2/h5-8,11-14H,3-4,9-10H2,1-2H3/b7-5-,8-6+/t11-,12-,13-,14-/m1/s1. The molecule has 2 fully saturated rings. The predicted octanol–water partition coefficient (Wildman–Crippen LogP) is 2.50. The van der Waals surface area contributed by atoms with E-state index in [1.807, 2.05) is 12.2 Å². The van der Waals surface area contributed by atoms with Crippen molar-refractivity contribution < 1.29 is 19.1 Å². The van der Waals surface area contributed by atoms with Crippen molar-refractivity contribution in [3.8, 4) is 0 Å². The molecule has 4 atom stereocenters. The van der Waals surface area contributed by atoms with Gasteiger partial charge < -0.3 is 9.47 Å². The van der Waals surface area contributed by atoms with E-state index in [4.69, 9.17) is 9.47 Å². The molecule has 0 unspecified atom stereocenters. The molecule has 0 N–H and O–H groups in total. The van der Waals surface area contributed by atoms with E-state index < -0.39 is 0 Å². The minimum absolute atomic E-state index is 0.257. The second-order valence-corrected chi connectivity index (χ2v) is 5.35. The second kappa shape index (κ2) is 6.73. The van der Waals surface area contributed by atoms with Crippen molar-refractivity contribution in [3.05, 3.63) is 24.3 Å². The monoisotopic (exact) mass is 278 g/mol. The van der Waals surface area contributed by atoms with Crippen LogP contribution in [-0.2, 0) is 19.1 Å². The van der Waals surface area contributed by atoms with Gasteiger partial charge in [-0.2, -0.15) is 0 Å². The summed E-state index contributed by atoms with van der Waals surface area (Å²) < 4.78 is 9.70. The molecule has 0 saturated heterocycles. The summed E-state index contributed by atoms with van der Waals surface area (Å²) in [4.78, 5) is 22.4. The van der Waals surface area contributed by atoms with Crippen molar-refractivity contribution in [1.29, 1.82) is 0 Å². The third-order valence-corrected chi connectivity index (χ3v) is 3.86. The zero-order valence-electron chi connectivity index (χ0n) is 12.1. The fourth-order valence-electron chi connectivity index (χ4n) is 2.68. The van der Waals surface area contributed by atoms with E-state index in [-0.39, 0.29) is 11.9 Å². The van der Waals surface area contributed by atoms with Crippen LogP contribution in [0.3, 0.4) is 0 Å². The van der Waals surface area contributed by atoms with Gasteiger partial charge in [-0.05, 0) is 50.4 Å². The van der Waals surface area contributed by atoms with Crippen molar-refractivity contribution in [3.63, 3.8) is 0 Å². The molecule has 0 heterocycles. The maximum atomic E-state index is 11.2. The zero-order valence-corrected chi connectivity index (χ0v) is 12.1. The van der Waals surface area contributed by atoms with Crippen LogP contribution in [0, 0.1) is 23.7 Å². The van der Waals surface area contributed by atoms with E-state index in [1.54, 1.807) is 26.0 Å². The topological polar surface area (TPSA) is 52.6 Å². The van der Waals surface area contributed by atoms with Crippen molar-refractivity contribution >= 4 is 11.9 Å². The van der Waals surface area contributed by atoms with Crippen LogP contribution >= 0.6 is 0 Å². The third kappa shape index (κ3) is 4.22. The number of ether oxygens (including phenoxy) is 2. The Morgan fingerprint density at radius 1 is 0.900 bits per heavy atom. The number of allylic oxidation sites excluding steroid dienone is 2. The summed E-state index contributed by atoms with van der Waals surface area (Å²) in [5.74, 6) is 1.83. The van der Waals surface area contributed by atoms with Gasteiger partial charge in [0.1, 0.15) is 0 Å². The Labute approximate surface area is 119 Å². The largest absolute Gasteiger partial charge is 0.463 e. The number of hydrogen-bond donors (Lipinski definition) is 0. The molecule has 0 spiro atoms. The SMILES string of the molecule is CCOC(=O)/C=C\[C@@H]1C[C@H]1[C@@H]1C[C@H]1/C=C/C(=O)OCC.